The van der Waals surface area contributed by atoms with E-state index in [1.54, 1.807) is 0 Å². The molecule has 2 rings (SSSR count). The van der Waals surface area contributed by atoms with Crippen LogP contribution < -0.4 is 5.32 Å². The molecular weight excluding hydrogens is 208 g/mol. The lowest BCUT2D eigenvalue weighted by atomic mass is 9.92. The van der Waals surface area contributed by atoms with Crippen molar-refractivity contribution in [2.24, 2.45) is 5.92 Å². The topological polar surface area (TPSA) is 15.3 Å². The summed E-state index contributed by atoms with van der Waals surface area (Å²) in [5, 5.41) is 3.49. The van der Waals surface area contributed by atoms with Gasteiger partial charge in [0.1, 0.15) is 0 Å². The zero-order valence-electron chi connectivity index (χ0n) is 11.1. The third kappa shape index (κ3) is 4.14. The van der Waals surface area contributed by atoms with Gasteiger partial charge in [-0.05, 0) is 63.5 Å². The minimum absolute atomic E-state index is 0.832. The molecule has 17 heavy (non-hydrogen) atoms. The third-order valence-electron chi connectivity index (χ3n) is 3.41. The summed E-state index contributed by atoms with van der Waals surface area (Å²) in [7, 11) is 4.25. The molecule has 94 valence electrons. The summed E-state index contributed by atoms with van der Waals surface area (Å²) in [6.45, 7) is 3.44. The fourth-order valence-corrected chi connectivity index (χ4v) is 2.65. The summed E-state index contributed by atoms with van der Waals surface area (Å²) in [5.74, 6) is 0.832. The lowest BCUT2D eigenvalue weighted by Gasteiger charge is -2.23. The van der Waals surface area contributed by atoms with Gasteiger partial charge in [-0.15, -0.1) is 0 Å². The first-order valence-corrected chi connectivity index (χ1v) is 6.67. The van der Waals surface area contributed by atoms with E-state index in [9.17, 15) is 0 Å². The predicted molar refractivity (Wildman–Crippen MR) is 73.1 cm³/mol. The fourth-order valence-electron chi connectivity index (χ4n) is 2.65. The highest BCUT2D eigenvalue weighted by Gasteiger charge is 2.13. The van der Waals surface area contributed by atoms with Crippen LogP contribution in [0.1, 0.15) is 24.0 Å². The number of nitrogens with one attached hydrogen (secondary N) is 1. The molecule has 1 unspecified atom stereocenters. The normalized spacial score (nSPS) is 20.8. The number of piperidine rings is 1. The molecule has 1 heterocycles. The van der Waals surface area contributed by atoms with E-state index in [0.29, 0.717) is 0 Å². The van der Waals surface area contributed by atoms with E-state index < -0.39 is 0 Å². The van der Waals surface area contributed by atoms with Gasteiger partial charge in [-0.3, -0.25) is 0 Å². The maximum atomic E-state index is 3.49. The van der Waals surface area contributed by atoms with Crippen LogP contribution in [0.25, 0.3) is 0 Å². The number of rotatable bonds is 4. The largest absolute Gasteiger partial charge is 0.316 e. The van der Waals surface area contributed by atoms with Crippen molar-refractivity contribution in [1.29, 1.82) is 0 Å². The lowest BCUT2D eigenvalue weighted by molar-refractivity contribution is 0.375. The molecule has 2 nitrogen and oxygen atoms in total. The van der Waals surface area contributed by atoms with Crippen molar-refractivity contribution < 1.29 is 0 Å². The van der Waals surface area contributed by atoms with Crippen LogP contribution in [0.15, 0.2) is 24.3 Å². The zero-order chi connectivity index (χ0) is 12.1. The summed E-state index contributed by atoms with van der Waals surface area (Å²) in [6, 6.07) is 9.06. The average Bonchev–Trinajstić information content (AvgIpc) is 2.30. The second kappa shape index (κ2) is 6.18. The average molecular weight is 232 g/mol. The van der Waals surface area contributed by atoms with E-state index in [1.165, 1.54) is 43.5 Å². The maximum absolute atomic E-state index is 3.49. The van der Waals surface area contributed by atoms with Crippen molar-refractivity contribution in [1.82, 2.24) is 10.2 Å². The summed E-state index contributed by atoms with van der Waals surface area (Å²) < 4.78 is 0. The molecule has 1 fully saturated rings. The van der Waals surface area contributed by atoms with Gasteiger partial charge in [-0.1, -0.05) is 24.3 Å². The summed E-state index contributed by atoms with van der Waals surface area (Å²) in [6.07, 6.45) is 3.95. The van der Waals surface area contributed by atoms with E-state index >= 15 is 0 Å². The lowest BCUT2D eigenvalue weighted by Crippen LogP contribution is -2.30. The molecule has 0 saturated carbocycles. The molecule has 1 aliphatic heterocycles. The molecule has 1 N–H and O–H groups in total. The molecule has 1 saturated heterocycles. The summed E-state index contributed by atoms with van der Waals surface area (Å²) in [5.41, 5.74) is 2.93. The first-order chi connectivity index (χ1) is 8.24. The van der Waals surface area contributed by atoms with Gasteiger partial charge in [0.15, 0.2) is 0 Å². The Balaban J connectivity index is 1.95. The highest BCUT2D eigenvalue weighted by atomic mass is 15.0. The van der Waals surface area contributed by atoms with Gasteiger partial charge in [-0.2, -0.15) is 0 Å². The highest BCUT2D eigenvalue weighted by Crippen LogP contribution is 2.17. The number of nitrogens with zero attached hydrogens (tertiary/aromatic N) is 1. The second-order valence-electron chi connectivity index (χ2n) is 5.47. The van der Waals surface area contributed by atoms with Gasteiger partial charge < -0.3 is 10.2 Å². The maximum Gasteiger partial charge on any atom is 0.0227 e. The molecule has 0 aromatic heterocycles. The Morgan fingerprint density at radius 1 is 1.29 bits per heavy atom. The Morgan fingerprint density at radius 3 is 2.82 bits per heavy atom. The highest BCUT2D eigenvalue weighted by molar-refractivity contribution is 5.24. The Kier molecular flexibility index (Phi) is 4.57. The zero-order valence-corrected chi connectivity index (χ0v) is 11.1. The monoisotopic (exact) mass is 232 g/mol. The molecular formula is C15H24N2. The third-order valence-corrected chi connectivity index (χ3v) is 3.41. The minimum atomic E-state index is 0.832. The SMILES string of the molecule is CN(C)Cc1cccc(CC2CCCNC2)c1. The standard InChI is InChI=1S/C15H24N2/c1-17(2)12-15-6-3-5-13(10-15)9-14-7-4-8-16-11-14/h3,5-6,10,14,16H,4,7-9,11-12H2,1-2H3. The molecule has 0 radical (unpaired) electrons. The van der Waals surface area contributed by atoms with Crippen molar-refractivity contribution in [2.45, 2.75) is 25.8 Å². The molecule has 0 spiro atoms. The van der Waals surface area contributed by atoms with Gasteiger partial charge in [0.25, 0.3) is 0 Å². The van der Waals surface area contributed by atoms with Crippen LogP contribution in [0.3, 0.4) is 0 Å². The number of hydrogen-bond donors (Lipinski definition) is 1. The van der Waals surface area contributed by atoms with Crippen molar-refractivity contribution >= 4 is 0 Å². The number of benzene rings is 1. The molecule has 0 amide bonds. The molecule has 1 aliphatic rings. The summed E-state index contributed by atoms with van der Waals surface area (Å²) >= 11 is 0. The Morgan fingerprint density at radius 2 is 2.12 bits per heavy atom. The molecule has 1 aromatic rings. The van der Waals surface area contributed by atoms with Gasteiger partial charge in [0.2, 0.25) is 0 Å². The van der Waals surface area contributed by atoms with Crippen LogP contribution in [-0.2, 0) is 13.0 Å². The molecule has 1 aromatic carbocycles. The van der Waals surface area contributed by atoms with Gasteiger partial charge >= 0.3 is 0 Å². The fraction of sp³-hybridized carbons (Fsp3) is 0.600. The van der Waals surface area contributed by atoms with E-state index in [4.69, 9.17) is 0 Å². The van der Waals surface area contributed by atoms with Crippen LogP contribution in [0.4, 0.5) is 0 Å². The van der Waals surface area contributed by atoms with E-state index in [2.05, 4.69) is 48.6 Å². The second-order valence-corrected chi connectivity index (χ2v) is 5.47. The minimum Gasteiger partial charge on any atom is -0.316 e. The van der Waals surface area contributed by atoms with Gasteiger partial charge in [0, 0.05) is 6.54 Å². The van der Waals surface area contributed by atoms with Crippen molar-refractivity contribution in [2.75, 3.05) is 27.2 Å². The van der Waals surface area contributed by atoms with Crippen molar-refractivity contribution in [3.05, 3.63) is 35.4 Å². The van der Waals surface area contributed by atoms with E-state index in [1.807, 2.05) is 0 Å². The first-order valence-electron chi connectivity index (χ1n) is 6.67. The molecule has 0 bridgehead atoms. The van der Waals surface area contributed by atoms with Gasteiger partial charge in [0.05, 0.1) is 0 Å². The van der Waals surface area contributed by atoms with Crippen molar-refractivity contribution in [3.8, 4) is 0 Å². The molecule has 0 aliphatic carbocycles. The van der Waals surface area contributed by atoms with Crippen molar-refractivity contribution in [3.63, 3.8) is 0 Å². The Labute approximate surface area is 105 Å². The van der Waals surface area contributed by atoms with Crippen LogP contribution in [0, 0.1) is 5.92 Å². The van der Waals surface area contributed by atoms with Crippen LogP contribution in [-0.4, -0.2) is 32.1 Å². The van der Waals surface area contributed by atoms with Gasteiger partial charge in [-0.25, -0.2) is 0 Å². The predicted octanol–water partition coefficient (Wildman–Crippen LogP) is 2.29. The quantitative estimate of drug-likeness (QED) is 0.857. The van der Waals surface area contributed by atoms with E-state index in [0.717, 1.165) is 12.5 Å². The van der Waals surface area contributed by atoms with Crippen LogP contribution >= 0.6 is 0 Å². The van der Waals surface area contributed by atoms with Crippen LogP contribution in [0.5, 0.6) is 0 Å². The Bertz CT molecular complexity index is 341. The smallest absolute Gasteiger partial charge is 0.0227 e. The summed E-state index contributed by atoms with van der Waals surface area (Å²) in [4.78, 5) is 2.22. The molecule has 2 heteroatoms. The first kappa shape index (κ1) is 12.6. The van der Waals surface area contributed by atoms with Crippen LogP contribution in [0.2, 0.25) is 0 Å². The van der Waals surface area contributed by atoms with E-state index in [-0.39, 0.29) is 0 Å². The molecule has 1 atom stereocenters. The Hall–Kier alpha value is -0.860. The number of hydrogen-bond acceptors (Lipinski definition) is 2.